The first kappa shape index (κ1) is 8.52. The van der Waals surface area contributed by atoms with E-state index in [1.54, 1.807) is 0 Å². The van der Waals surface area contributed by atoms with Crippen molar-refractivity contribution in [3.63, 3.8) is 0 Å². The summed E-state index contributed by atoms with van der Waals surface area (Å²) in [5.74, 6) is 0.814. The fraction of sp³-hybridized carbons (Fsp3) is 1.00. The summed E-state index contributed by atoms with van der Waals surface area (Å²) in [5, 5.41) is 0. The predicted octanol–water partition coefficient (Wildman–Crippen LogP) is 1.21. The van der Waals surface area contributed by atoms with Crippen LogP contribution < -0.4 is 5.73 Å². The van der Waals surface area contributed by atoms with Crippen LogP contribution in [0.5, 0.6) is 0 Å². The Hall–Kier alpha value is -0.0800. The number of hydrogen-bond acceptors (Lipinski definition) is 2. The maximum atomic E-state index is 5.69. The van der Waals surface area contributed by atoms with E-state index in [0.29, 0.717) is 0 Å². The molecule has 0 bridgehead atoms. The molecule has 1 unspecified atom stereocenters. The molecule has 0 amide bonds. The molecule has 0 aromatic heterocycles. The van der Waals surface area contributed by atoms with E-state index in [-0.39, 0.29) is 0 Å². The second-order valence-corrected chi connectivity index (χ2v) is 4.30. The first-order chi connectivity index (χ1) is 5.90. The maximum Gasteiger partial charge on any atom is 0.00964 e. The van der Waals surface area contributed by atoms with Crippen LogP contribution in [0.15, 0.2) is 0 Å². The zero-order valence-corrected chi connectivity index (χ0v) is 7.84. The third-order valence-electron chi connectivity index (χ3n) is 3.28. The van der Waals surface area contributed by atoms with E-state index >= 15 is 0 Å². The summed E-state index contributed by atoms with van der Waals surface area (Å²) >= 11 is 0. The Labute approximate surface area is 75.1 Å². The third kappa shape index (κ3) is 1.99. The standard InChI is InChI=1S/C10H20N2/c11-8-9-2-1-6-12(7-5-9)10-3-4-10/h9-10H,1-8,11H2. The minimum Gasteiger partial charge on any atom is -0.330 e. The van der Waals surface area contributed by atoms with E-state index in [1.807, 2.05) is 0 Å². The highest BCUT2D eigenvalue weighted by atomic mass is 15.2. The van der Waals surface area contributed by atoms with Crippen molar-refractivity contribution in [3.8, 4) is 0 Å². The summed E-state index contributed by atoms with van der Waals surface area (Å²) in [7, 11) is 0. The molecular weight excluding hydrogens is 148 g/mol. The number of hydrogen-bond donors (Lipinski definition) is 1. The highest BCUT2D eigenvalue weighted by Crippen LogP contribution is 2.29. The summed E-state index contributed by atoms with van der Waals surface area (Å²) in [6.45, 7) is 3.55. The number of nitrogens with two attached hydrogens (primary N) is 1. The number of nitrogens with zero attached hydrogens (tertiary/aromatic N) is 1. The fourth-order valence-corrected chi connectivity index (χ4v) is 2.23. The molecule has 2 rings (SSSR count). The van der Waals surface area contributed by atoms with Gasteiger partial charge in [-0.1, -0.05) is 0 Å². The Morgan fingerprint density at radius 1 is 1.08 bits per heavy atom. The van der Waals surface area contributed by atoms with Crippen molar-refractivity contribution in [2.45, 2.75) is 38.1 Å². The quantitative estimate of drug-likeness (QED) is 0.671. The highest BCUT2D eigenvalue weighted by Gasteiger charge is 2.29. The van der Waals surface area contributed by atoms with Gasteiger partial charge in [0, 0.05) is 6.04 Å². The molecule has 70 valence electrons. The van der Waals surface area contributed by atoms with Crippen molar-refractivity contribution in [2.75, 3.05) is 19.6 Å². The van der Waals surface area contributed by atoms with Crippen LogP contribution >= 0.6 is 0 Å². The maximum absolute atomic E-state index is 5.69. The largest absolute Gasteiger partial charge is 0.330 e. The monoisotopic (exact) mass is 168 g/mol. The van der Waals surface area contributed by atoms with Crippen molar-refractivity contribution >= 4 is 0 Å². The van der Waals surface area contributed by atoms with Gasteiger partial charge in [-0.15, -0.1) is 0 Å². The Kier molecular flexibility index (Phi) is 2.66. The van der Waals surface area contributed by atoms with Gasteiger partial charge in [0.2, 0.25) is 0 Å². The van der Waals surface area contributed by atoms with E-state index in [4.69, 9.17) is 5.73 Å². The lowest BCUT2D eigenvalue weighted by molar-refractivity contribution is 0.271. The zero-order valence-electron chi connectivity index (χ0n) is 7.84. The molecule has 0 aromatic carbocycles. The molecular formula is C10H20N2. The Bertz CT molecular complexity index is 143. The molecule has 1 saturated carbocycles. The molecule has 2 fully saturated rings. The number of likely N-dealkylation sites (tertiary alicyclic amines) is 1. The van der Waals surface area contributed by atoms with Crippen LogP contribution in [-0.2, 0) is 0 Å². The molecule has 2 heteroatoms. The van der Waals surface area contributed by atoms with Gasteiger partial charge in [-0.25, -0.2) is 0 Å². The molecule has 0 spiro atoms. The van der Waals surface area contributed by atoms with Gasteiger partial charge >= 0.3 is 0 Å². The summed E-state index contributed by atoms with van der Waals surface area (Å²) in [6.07, 6.45) is 6.98. The third-order valence-corrected chi connectivity index (χ3v) is 3.28. The minimum atomic E-state index is 0.814. The lowest BCUT2D eigenvalue weighted by Crippen LogP contribution is -2.27. The van der Waals surface area contributed by atoms with Gasteiger partial charge in [-0.3, -0.25) is 0 Å². The first-order valence-electron chi connectivity index (χ1n) is 5.34. The molecule has 1 heterocycles. The molecule has 1 aliphatic carbocycles. The Balaban J connectivity index is 1.80. The topological polar surface area (TPSA) is 29.3 Å². The smallest absolute Gasteiger partial charge is 0.00964 e. The van der Waals surface area contributed by atoms with Crippen LogP contribution in [0.25, 0.3) is 0 Å². The van der Waals surface area contributed by atoms with Gasteiger partial charge in [-0.05, 0) is 57.7 Å². The molecule has 1 aliphatic heterocycles. The zero-order chi connectivity index (χ0) is 8.39. The van der Waals surface area contributed by atoms with Crippen LogP contribution in [0.2, 0.25) is 0 Å². The lowest BCUT2D eigenvalue weighted by Gasteiger charge is -2.18. The van der Waals surface area contributed by atoms with Crippen molar-refractivity contribution in [3.05, 3.63) is 0 Å². The van der Waals surface area contributed by atoms with Gasteiger partial charge in [0.15, 0.2) is 0 Å². The SMILES string of the molecule is NCC1CCCN(C2CC2)CC1. The normalized spacial score (nSPS) is 33.2. The van der Waals surface area contributed by atoms with Crippen molar-refractivity contribution < 1.29 is 0 Å². The van der Waals surface area contributed by atoms with Crippen LogP contribution in [0, 0.1) is 5.92 Å². The highest BCUT2D eigenvalue weighted by molar-refractivity contribution is 4.86. The fourth-order valence-electron chi connectivity index (χ4n) is 2.23. The second kappa shape index (κ2) is 3.75. The summed E-state index contributed by atoms with van der Waals surface area (Å²) < 4.78 is 0. The van der Waals surface area contributed by atoms with Crippen LogP contribution in [-0.4, -0.2) is 30.6 Å². The summed E-state index contributed by atoms with van der Waals surface area (Å²) in [4.78, 5) is 2.68. The first-order valence-corrected chi connectivity index (χ1v) is 5.34. The van der Waals surface area contributed by atoms with Gasteiger partial charge in [0.1, 0.15) is 0 Å². The average molecular weight is 168 g/mol. The average Bonchev–Trinajstić information content (AvgIpc) is 2.91. The molecule has 0 radical (unpaired) electrons. The van der Waals surface area contributed by atoms with Crippen LogP contribution in [0.1, 0.15) is 32.1 Å². The van der Waals surface area contributed by atoms with Crippen molar-refractivity contribution in [1.82, 2.24) is 4.90 Å². The van der Waals surface area contributed by atoms with Crippen molar-refractivity contribution in [2.24, 2.45) is 11.7 Å². The Morgan fingerprint density at radius 2 is 1.92 bits per heavy atom. The van der Waals surface area contributed by atoms with Crippen molar-refractivity contribution in [1.29, 1.82) is 0 Å². The van der Waals surface area contributed by atoms with E-state index in [2.05, 4.69) is 4.90 Å². The molecule has 2 N–H and O–H groups in total. The molecule has 2 aliphatic rings. The van der Waals surface area contributed by atoms with Gasteiger partial charge in [0.25, 0.3) is 0 Å². The van der Waals surface area contributed by atoms with E-state index in [1.165, 1.54) is 45.2 Å². The van der Waals surface area contributed by atoms with Crippen LogP contribution in [0.3, 0.4) is 0 Å². The molecule has 1 atom stereocenters. The predicted molar refractivity (Wildman–Crippen MR) is 51.0 cm³/mol. The molecule has 2 nitrogen and oxygen atoms in total. The van der Waals surface area contributed by atoms with E-state index in [0.717, 1.165) is 18.5 Å². The van der Waals surface area contributed by atoms with Gasteiger partial charge < -0.3 is 10.6 Å². The Morgan fingerprint density at radius 3 is 2.58 bits per heavy atom. The summed E-state index contributed by atoms with van der Waals surface area (Å²) in [5.41, 5.74) is 5.69. The minimum absolute atomic E-state index is 0.814. The molecule has 1 saturated heterocycles. The molecule has 0 aromatic rings. The van der Waals surface area contributed by atoms with Gasteiger partial charge in [0.05, 0.1) is 0 Å². The summed E-state index contributed by atoms with van der Waals surface area (Å²) in [6, 6.07) is 0.960. The van der Waals surface area contributed by atoms with Gasteiger partial charge in [-0.2, -0.15) is 0 Å². The molecule has 12 heavy (non-hydrogen) atoms. The van der Waals surface area contributed by atoms with E-state index < -0.39 is 0 Å². The van der Waals surface area contributed by atoms with E-state index in [9.17, 15) is 0 Å². The van der Waals surface area contributed by atoms with Crippen LogP contribution in [0.4, 0.5) is 0 Å². The second-order valence-electron chi connectivity index (χ2n) is 4.30. The lowest BCUT2D eigenvalue weighted by atomic mass is 10.0. The number of rotatable bonds is 2.